The number of aliphatic carboxylic acids is 2. The summed E-state index contributed by atoms with van der Waals surface area (Å²) >= 11 is 0. The van der Waals surface area contributed by atoms with Crippen molar-refractivity contribution in [3.05, 3.63) is 71.9 Å². The van der Waals surface area contributed by atoms with E-state index in [2.05, 4.69) is 26.3 Å². The highest BCUT2D eigenvalue weighted by atomic mass is 16.6. The Kier molecular flexibility index (Phi) is 16.8. The number of nitrogens with one attached hydrogen (secondary N) is 5. The minimum Gasteiger partial charge on any atom is -0.481 e. The molecule has 3 aromatic rings. The van der Waals surface area contributed by atoms with Crippen molar-refractivity contribution in [2.24, 2.45) is 5.73 Å². The topological polar surface area (TPSA) is 279 Å². The van der Waals surface area contributed by atoms with Gasteiger partial charge in [-0.3, -0.25) is 28.8 Å². The molecule has 0 fully saturated rings. The Morgan fingerprint density at radius 2 is 1.43 bits per heavy atom. The summed E-state index contributed by atoms with van der Waals surface area (Å²) in [7, 11) is 1.32. The summed E-state index contributed by atoms with van der Waals surface area (Å²) in [4.78, 5) is 108. The van der Waals surface area contributed by atoms with Gasteiger partial charge in [0.1, 0.15) is 35.8 Å². The number of aromatic amines is 1. The van der Waals surface area contributed by atoms with Gasteiger partial charge in [0, 0.05) is 37.0 Å². The first-order chi connectivity index (χ1) is 27.3. The van der Waals surface area contributed by atoms with Gasteiger partial charge in [0.25, 0.3) is 0 Å². The van der Waals surface area contributed by atoms with Crippen LogP contribution in [0.25, 0.3) is 10.9 Å². The molecule has 0 aliphatic carbocycles. The van der Waals surface area contributed by atoms with Crippen molar-refractivity contribution in [3.63, 3.8) is 0 Å². The first-order valence-corrected chi connectivity index (χ1v) is 18.8. The van der Waals surface area contributed by atoms with E-state index in [1.54, 1.807) is 75.5 Å². The van der Waals surface area contributed by atoms with Crippen LogP contribution in [-0.2, 0) is 51.1 Å². The van der Waals surface area contributed by atoms with E-state index in [0.29, 0.717) is 24.0 Å². The zero-order valence-electron chi connectivity index (χ0n) is 33.2. The number of benzene rings is 2. The van der Waals surface area contributed by atoms with Crippen molar-refractivity contribution >= 4 is 58.5 Å². The minimum absolute atomic E-state index is 0.000168. The second kappa shape index (κ2) is 21.2. The minimum atomic E-state index is -1.72. The van der Waals surface area contributed by atoms with Gasteiger partial charge in [-0.05, 0) is 44.4 Å². The number of amides is 6. The monoisotopic (exact) mass is 807 g/mol. The van der Waals surface area contributed by atoms with Crippen LogP contribution in [0.2, 0.25) is 0 Å². The zero-order chi connectivity index (χ0) is 43.2. The highest BCUT2D eigenvalue weighted by Crippen LogP contribution is 2.21. The van der Waals surface area contributed by atoms with Crippen molar-refractivity contribution in [1.82, 2.24) is 31.2 Å². The molecule has 18 heteroatoms. The molecule has 2 aromatic carbocycles. The maximum absolute atomic E-state index is 14.4. The number of H-pyrrole nitrogens is 1. The number of carboxylic acid groups (broad SMARTS) is 2. The number of hydrogen-bond acceptors (Lipinski definition) is 9. The molecule has 18 nitrogen and oxygen atoms in total. The third kappa shape index (κ3) is 14.2. The number of carbonyl (C=O) groups excluding carboxylic acids is 6. The summed E-state index contributed by atoms with van der Waals surface area (Å²) in [5, 5.41) is 29.8. The maximum atomic E-state index is 14.4. The smallest absolute Gasteiger partial charge is 0.408 e. The van der Waals surface area contributed by atoms with E-state index >= 15 is 0 Å². The number of primary amides is 1. The lowest BCUT2D eigenvalue weighted by Crippen LogP contribution is -2.59. The van der Waals surface area contributed by atoms with Crippen LogP contribution >= 0.6 is 0 Å². The first-order valence-electron chi connectivity index (χ1n) is 18.8. The van der Waals surface area contributed by atoms with E-state index in [4.69, 9.17) is 10.5 Å². The van der Waals surface area contributed by atoms with Crippen LogP contribution in [0.4, 0.5) is 4.79 Å². The number of hydrogen-bond donors (Lipinski definition) is 8. The Morgan fingerprint density at radius 3 is 2.03 bits per heavy atom. The number of para-hydroxylation sites is 1. The van der Waals surface area contributed by atoms with Crippen LogP contribution in [0.5, 0.6) is 0 Å². The molecule has 0 aliphatic rings. The van der Waals surface area contributed by atoms with E-state index in [1.807, 2.05) is 13.0 Å². The summed E-state index contributed by atoms with van der Waals surface area (Å²) in [6.07, 6.45) is -0.110. The average molecular weight is 808 g/mol. The number of likely N-dealkylation sites (N-methyl/N-ethyl adjacent to an activating group) is 1. The van der Waals surface area contributed by atoms with Crippen LogP contribution in [0, 0.1) is 0 Å². The molecule has 0 saturated heterocycles. The third-order valence-corrected chi connectivity index (χ3v) is 9.01. The Balaban J connectivity index is 1.90. The predicted octanol–water partition coefficient (Wildman–Crippen LogP) is 1.75. The highest BCUT2D eigenvalue weighted by molar-refractivity contribution is 5.97. The molecule has 9 N–H and O–H groups in total. The fourth-order valence-electron chi connectivity index (χ4n) is 6.10. The molecule has 0 radical (unpaired) electrons. The van der Waals surface area contributed by atoms with Crippen LogP contribution in [-0.4, -0.2) is 111 Å². The summed E-state index contributed by atoms with van der Waals surface area (Å²) in [5.74, 6) is -7.40. The van der Waals surface area contributed by atoms with Crippen LogP contribution in [0.15, 0.2) is 60.8 Å². The predicted molar refractivity (Wildman–Crippen MR) is 211 cm³/mol. The van der Waals surface area contributed by atoms with Gasteiger partial charge in [0.15, 0.2) is 0 Å². The number of carboxylic acids is 2. The molecule has 0 unspecified atom stereocenters. The molecule has 314 valence electrons. The van der Waals surface area contributed by atoms with Crippen LogP contribution in [0.3, 0.4) is 0 Å². The molecule has 6 amide bonds. The number of nitrogens with zero attached hydrogens (tertiary/aromatic N) is 1. The lowest BCUT2D eigenvalue weighted by atomic mass is 10.0. The summed E-state index contributed by atoms with van der Waals surface area (Å²) in [6, 6.07) is 8.53. The molecular formula is C40H53N7O11. The Bertz CT molecular complexity index is 1940. The first kappa shape index (κ1) is 45.9. The number of rotatable bonds is 21. The van der Waals surface area contributed by atoms with E-state index in [-0.39, 0.29) is 19.3 Å². The highest BCUT2D eigenvalue weighted by Gasteiger charge is 2.36. The number of alkyl carbamates (subject to hydrolysis) is 1. The second-order valence-corrected chi connectivity index (χ2v) is 14.8. The Labute approximate surface area is 335 Å². The normalized spacial score (nSPS) is 13.8. The van der Waals surface area contributed by atoms with Crippen molar-refractivity contribution in [3.8, 4) is 0 Å². The molecule has 1 aromatic heterocycles. The number of aromatic nitrogens is 1. The quantitative estimate of drug-likeness (QED) is 0.0768. The van der Waals surface area contributed by atoms with Gasteiger partial charge in [0.2, 0.25) is 29.5 Å². The van der Waals surface area contributed by atoms with Gasteiger partial charge < -0.3 is 51.8 Å². The molecule has 3 rings (SSSR count). The van der Waals surface area contributed by atoms with Gasteiger partial charge in [-0.15, -0.1) is 0 Å². The fourth-order valence-corrected chi connectivity index (χ4v) is 6.10. The molecular weight excluding hydrogens is 754 g/mol. The van der Waals surface area contributed by atoms with Crippen molar-refractivity contribution in [1.29, 1.82) is 0 Å². The van der Waals surface area contributed by atoms with Crippen molar-refractivity contribution in [2.45, 2.75) is 108 Å². The molecule has 58 heavy (non-hydrogen) atoms. The summed E-state index contributed by atoms with van der Waals surface area (Å²) < 4.78 is 5.13. The molecule has 0 aliphatic heterocycles. The summed E-state index contributed by atoms with van der Waals surface area (Å²) in [5.41, 5.74) is 6.61. The van der Waals surface area contributed by atoms with Gasteiger partial charge in [-0.25, -0.2) is 9.59 Å². The maximum Gasteiger partial charge on any atom is 0.408 e. The average Bonchev–Trinajstić information content (AvgIpc) is 3.55. The number of fused-ring (bicyclic) bond motifs is 1. The lowest BCUT2D eigenvalue weighted by Gasteiger charge is -2.32. The third-order valence-electron chi connectivity index (χ3n) is 9.01. The molecule has 0 spiro atoms. The molecule has 1 heterocycles. The Morgan fingerprint density at radius 1 is 0.793 bits per heavy atom. The number of unbranched alkanes of at least 4 members (excludes halogenated alkanes) is 1. The van der Waals surface area contributed by atoms with Crippen molar-refractivity contribution in [2.75, 3.05) is 7.05 Å². The van der Waals surface area contributed by atoms with E-state index in [0.717, 1.165) is 15.8 Å². The number of carbonyl (C=O) groups is 8. The van der Waals surface area contributed by atoms with E-state index < -0.39 is 96.2 Å². The van der Waals surface area contributed by atoms with Gasteiger partial charge in [-0.2, -0.15) is 0 Å². The fraction of sp³-hybridized carbons (Fsp3) is 0.450. The van der Waals surface area contributed by atoms with E-state index in [1.165, 1.54) is 7.05 Å². The standard InChI is InChI=1S/C40H53N7O11/c1-6-7-17-31(36(53)45-28(21-33(49)50)35(52)44-27(34(41)51)18-23-13-9-8-10-14-23)47(5)37(54)29(19-24-22-42-26-16-12-11-15-25(24)26)43-32(48)20-30(38(55)56)46-39(57)58-40(2,3)4/h8-16,22,27-31,42H,6-7,17-21H2,1-5H3,(H2,41,51)(H,43,48)(H,44,52)(H,45,53)(H,46,57)(H,49,50)(H,55,56)/t27-,28-,29-,30-,31-/m0/s1. The van der Waals surface area contributed by atoms with E-state index in [9.17, 15) is 48.6 Å². The molecule has 0 bridgehead atoms. The lowest BCUT2D eigenvalue weighted by molar-refractivity contribution is -0.145. The summed E-state index contributed by atoms with van der Waals surface area (Å²) in [6.45, 7) is 6.58. The molecule has 0 saturated carbocycles. The largest absolute Gasteiger partial charge is 0.481 e. The van der Waals surface area contributed by atoms with Gasteiger partial charge in [0.05, 0.1) is 12.8 Å². The number of nitrogens with two attached hydrogens (primary N) is 1. The van der Waals surface area contributed by atoms with Crippen LogP contribution in [0.1, 0.15) is 70.9 Å². The molecule has 5 atom stereocenters. The van der Waals surface area contributed by atoms with Crippen molar-refractivity contribution < 1.29 is 53.3 Å². The SMILES string of the molecule is CCCC[C@@H](C(=O)N[C@@H](CC(=O)O)C(=O)N[C@@H](Cc1ccccc1)C(N)=O)N(C)C(=O)[C@H](Cc1c[nH]c2ccccc12)NC(=O)C[C@H](NC(=O)OC(C)(C)C)C(=O)O. The Hall–Kier alpha value is -6.46. The van der Waals surface area contributed by atoms with Gasteiger partial charge >= 0.3 is 18.0 Å². The van der Waals surface area contributed by atoms with Crippen LogP contribution < -0.4 is 27.0 Å². The number of ether oxygens (including phenoxy) is 1. The zero-order valence-corrected chi connectivity index (χ0v) is 33.2. The van der Waals surface area contributed by atoms with Gasteiger partial charge in [-0.1, -0.05) is 68.3 Å². The second-order valence-electron chi connectivity index (χ2n) is 14.8.